The summed E-state index contributed by atoms with van der Waals surface area (Å²) in [4.78, 5) is 11.8. The van der Waals surface area contributed by atoms with Crippen molar-refractivity contribution in [3.05, 3.63) is 0 Å². The van der Waals surface area contributed by atoms with E-state index in [2.05, 4.69) is 0 Å². The van der Waals surface area contributed by atoms with Crippen molar-refractivity contribution < 1.29 is 14.3 Å². The van der Waals surface area contributed by atoms with Crippen LogP contribution in [-0.4, -0.2) is 32.7 Å². The molecular formula is C14H24O3. The highest BCUT2D eigenvalue weighted by Crippen LogP contribution is 2.49. The van der Waals surface area contributed by atoms with Gasteiger partial charge in [-0.05, 0) is 37.0 Å². The lowest BCUT2D eigenvalue weighted by atomic mass is 9.85. The van der Waals surface area contributed by atoms with Crippen molar-refractivity contribution in [2.75, 3.05) is 26.9 Å². The zero-order chi connectivity index (χ0) is 12.1. The maximum atomic E-state index is 11.8. The number of Topliss-reactive ketones (excluding diaryl/α,β-unsaturated/α-hetero) is 1. The van der Waals surface area contributed by atoms with Crippen molar-refractivity contribution in [3.63, 3.8) is 0 Å². The molecule has 0 aromatic rings. The van der Waals surface area contributed by atoms with Crippen LogP contribution in [0.5, 0.6) is 0 Å². The average molecular weight is 240 g/mol. The van der Waals surface area contributed by atoms with Gasteiger partial charge in [-0.1, -0.05) is 6.42 Å². The van der Waals surface area contributed by atoms with Gasteiger partial charge < -0.3 is 9.47 Å². The van der Waals surface area contributed by atoms with Gasteiger partial charge in [0, 0.05) is 20.0 Å². The zero-order valence-electron chi connectivity index (χ0n) is 10.8. The van der Waals surface area contributed by atoms with Gasteiger partial charge in [0.15, 0.2) is 0 Å². The number of hydrogen-bond acceptors (Lipinski definition) is 3. The van der Waals surface area contributed by atoms with Gasteiger partial charge >= 0.3 is 0 Å². The molecule has 17 heavy (non-hydrogen) atoms. The second-order valence-electron chi connectivity index (χ2n) is 5.53. The molecule has 3 atom stereocenters. The van der Waals surface area contributed by atoms with Crippen LogP contribution in [0.2, 0.25) is 0 Å². The van der Waals surface area contributed by atoms with E-state index in [4.69, 9.17) is 9.47 Å². The number of ether oxygens (including phenoxy) is 2. The highest BCUT2D eigenvalue weighted by Gasteiger charge is 2.39. The summed E-state index contributed by atoms with van der Waals surface area (Å²) in [6, 6.07) is 0. The van der Waals surface area contributed by atoms with E-state index in [1.165, 1.54) is 25.7 Å². The summed E-state index contributed by atoms with van der Waals surface area (Å²) in [7, 11) is 1.66. The molecule has 3 unspecified atom stereocenters. The molecule has 2 aliphatic carbocycles. The highest BCUT2D eigenvalue weighted by atomic mass is 16.5. The van der Waals surface area contributed by atoms with E-state index in [-0.39, 0.29) is 0 Å². The summed E-state index contributed by atoms with van der Waals surface area (Å²) in [5.41, 5.74) is 0. The van der Waals surface area contributed by atoms with Gasteiger partial charge in [-0.15, -0.1) is 0 Å². The number of fused-ring (bicyclic) bond motifs is 2. The second kappa shape index (κ2) is 6.50. The first-order valence-corrected chi connectivity index (χ1v) is 6.88. The largest absolute Gasteiger partial charge is 0.382 e. The van der Waals surface area contributed by atoms with Gasteiger partial charge in [0.1, 0.15) is 5.78 Å². The molecule has 0 amide bonds. The molecule has 0 spiro atoms. The summed E-state index contributed by atoms with van der Waals surface area (Å²) in [6.07, 6.45) is 6.86. The molecule has 0 saturated heterocycles. The van der Waals surface area contributed by atoms with E-state index in [0.717, 1.165) is 18.3 Å². The predicted octanol–water partition coefficient (Wildman–Crippen LogP) is 2.43. The van der Waals surface area contributed by atoms with Crippen LogP contribution in [0.1, 0.15) is 38.5 Å². The van der Waals surface area contributed by atoms with Crippen LogP contribution >= 0.6 is 0 Å². The lowest BCUT2D eigenvalue weighted by Gasteiger charge is -2.20. The smallest absolute Gasteiger partial charge is 0.135 e. The van der Waals surface area contributed by atoms with Gasteiger partial charge in [-0.2, -0.15) is 0 Å². The summed E-state index contributed by atoms with van der Waals surface area (Å²) >= 11 is 0. The Morgan fingerprint density at radius 2 is 2.06 bits per heavy atom. The van der Waals surface area contributed by atoms with Crippen molar-refractivity contribution in [3.8, 4) is 0 Å². The van der Waals surface area contributed by atoms with Gasteiger partial charge in [0.2, 0.25) is 0 Å². The molecule has 0 aromatic carbocycles. The standard InChI is InChI=1S/C14H24O3/c1-16-6-7-17-5-4-14(15)10-13-9-11-2-3-12(13)8-11/h11-13H,2-10H2,1H3. The molecule has 2 rings (SSSR count). The molecule has 0 radical (unpaired) electrons. The molecule has 0 heterocycles. The number of rotatable bonds is 8. The van der Waals surface area contributed by atoms with Crippen molar-refractivity contribution in [2.24, 2.45) is 17.8 Å². The Balaban J connectivity index is 1.55. The Morgan fingerprint density at radius 3 is 2.71 bits per heavy atom. The van der Waals surface area contributed by atoms with E-state index < -0.39 is 0 Å². The number of carbonyl (C=O) groups excluding carboxylic acids is 1. The lowest BCUT2D eigenvalue weighted by molar-refractivity contribution is -0.121. The van der Waals surface area contributed by atoms with Crippen molar-refractivity contribution in [1.29, 1.82) is 0 Å². The predicted molar refractivity (Wildman–Crippen MR) is 65.9 cm³/mol. The Kier molecular flexibility index (Phi) is 4.99. The van der Waals surface area contributed by atoms with Gasteiger partial charge in [0.25, 0.3) is 0 Å². The zero-order valence-corrected chi connectivity index (χ0v) is 10.8. The van der Waals surface area contributed by atoms with E-state index in [1.807, 2.05) is 0 Å². The van der Waals surface area contributed by atoms with E-state index in [0.29, 0.717) is 37.9 Å². The van der Waals surface area contributed by atoms with Crippen LogP contribution in [0, 0.1) is 17.8 Å². The number of carbonyl (C=O) groups is 1. The summed E-state index contributed by atoms with van der Waals surface area (Å²) in [6.45, 7) is 1.77. The first-order chi connectivity index (χ1) is 8.29. The highest BCUT2D eigenvalue weighted by molar-refractivity contribution is 5.78. The fraction of sp³-hybridized carbons (Fsp3) is 0.929. The number of methoxy groups -OCH3 is 1. The average Bonchev–Trinajstić information content (AvgIpc) is 2.90. The quantitative estimate of drug-likeness (QED) is 0.611. The molecule has 3 nitrogen and oxygen atoms in total. The van der Waals surface area contributed by atoms with Gasteiger partial charge in [-0.3, -0.25) is 4.79 Å². The lowest BCUT2D eigenvalue weighted by Crippen LogP contribution is -2.16. The molecule has 2 aliphatic rings. The van der Waals surface area contributed by atoms with Gasteiger partial charge in [-0.25, -0.2) is 0 Å². The third kappa shape index (κ3) is 3.78. The molecule has 98 valence electrons. The fourth-order valence-electron chi connectivity index (χ4n) is 3.45. The normalized spacial score (nSPS) is 31.0. The third-order valence-electron chi connectivity index (χ3n) is 4.33. The van der Waals surface area contributed by atoms with Crippen molar-refractivity contribution in [1.82, 2.24) is 0 Å². The molecule has 0 aliphatic heterocycles. The summed E-state index contributed by atoms with van der Waals surface area (Å²) in [5.74, 6) is 2.88. The van der Waals surface area contributed by atoms with Gasteiger partial charge in [0.05, 0.1) is 19.8 Å². The van der Waals surface area contributed by atoms with E-state index in [1.54, 1.807) is 7.11 Å². The first kappa shape index (κ1) is 13.0. The molecular weight excluding hydrogens is 216 g/mol. The Morgan fingerprint density at radius 1 is 1.18 bits per heavy atom. The van der Waals surface area contributed by atoms with E-state index in [9.17, 15) is 4.79 Å². The fourth-order valence-corrected chi connectivity index (χ4v) is 3.45. The summed E-state index contributed by atoms with van der Waals surface area (Å²) in [5, 5.41) is 0. The maximum absolute atomic E-state index is 11.8. The Bertz CT molecular complexity index is 252. The van der Waals surface area contributed by atoms with Crippen molar-refractivity contribution in [2.45, 2.75) is 38.5 Å². The minimum atomic E-state index is 0.389. The van der Waals surface area contributed by atoms with Crippen LogP contribution in [-0.2, 0) is 14.3 Å². The molecule has 2 saturated carbocycles. The maximum Gasteiger partial charge on any atom is 0.135 e. The van der Waals surface area contributed by atoms with Crippen LogP contribution in [0.25, 0.3) is 0 Å². The van der Waals surface area contributed by atoms with E-state index >= 15 is 0 Å². The first-order valence-electron chi connectivity index (χ1n) is 6.88. The van der Waals surface area contributed by atoms with Crippen molar-refractivity contribution >= 4 is 5.78 Å². The molecule has 2 fully saturated rings. The van der Waals surface area contributed by atoms with Crippen LogP contribution < -0.4 is 0 Å². The molecule has 0 N–H and O–H groups in total. The molecule has 3 heteroatoms. The van der Waals surface area contributed by atoms with Crippen LogP contribution in [0.4, 0.5) is 0 Å². The van der Waals surface area contributed by atoms with Crippen LogP contribution in [0.15, 0.2) is 0 Å². The number of hydrogen-bond donors (Lipinski definition) is 0. The SMILES string of the molecule is COCCOCCC(=O)CC1CC2CCC1C2. The third-order valence-corrected chi connectivity index (χ3v) is 4.33. The monoisotopic (exact) mass is 240 g/mol. The van der Waals surface area contributed by atoms with Crippen LogP contribution in [0.3, 0.4) is 0 Å². The minimum Gasteiger partial charge on any atom is -0.382 e. The molecule has 0 aromatic heterocycles. The Labute approximate surface area is 104 Å². The topological polar surface area (TPSA) is 35.5 Å². The number of ketones is 1. The molecule has 2 bridgehead atoms. The minimum absolute atomic E-state index is 0.389. The second-order valence-corrected chi connectivity index (χ2v) is 5.53. The summed E-state index contributed by atoms with van der Waals surface area (Å²) < 4.78 is 10.2. The Hall–Kier alpha value is -0.410.